The maximum Gasteiger partial charge on any atom is 0.343 e. The fraction of sp³-hybridized carbons (Fsp3) is 0.133. The molecular formula is C15H13Br2NO4S. The Labute approximate surface area is 151 Å². The predicted octanol–water partition coefficient (Wildman–Crippen LogP) is 3.68. The topological polar surface area (TPSA) is 63.7 Å². The smallest absolute Gasteiger partial charge is 0.343 e. The summed E-state index contributed by atoms with van der Waals surface area (Å²) >= 11 is 6.49. The number of nitrogens with zero attached hydrogens (tertiary/aromatic N) is 1. The lowest BCUT2D eigenvalue weighted by atomic mass is 10.2. The highest BCUT2D eigenvalue weighted by Crippen LogP contribution is 2.26. The fourth-order valence-corrected chi connectivity index (χ4v) is 3.80. The molecule has 0 heterocycles. The predicted molar refractivity (Wildman–Crippen MR) is 94.1 cm³/mol. The Morgan fingerprint density at radius 2 is 1.65 bits per heavy atom. The molecule has 0 amide bonds. The quantitative estimate of drug-likeness (QED) is 0.513. The molecule has 2 aromatic carbocycles. The van der Waals surface area contributed by atoms with Gasteiger partial charge in [0.15, 0.2) is 0 Å². The van der Waals surface area contributed by atoms with Crippen LogP contribution in [-0.4, -0.2) is 32.8 Å². The molecule has 0 aliphatic heterocycles. The molecule has 0 N–H and O–H groups in total. The molecule has 0 aromatic heterocycles. The highest BCUT2D eigenvalue weighted by atomic mass is 79.9. The number of hydrogen-bond donors (Lipinski definition) is 0. The Hall–Kier alpha value is -1.22. The molecule has 0 aliphatic carbocycles. The summed E-state index contributed by atoms with van der Waals surface area (Å²) in [5, 5.41) is 0. The molecular weight excluding hydrogens is 450 g/mol. The molecule has 5 nitrogen and oxygen atoms in total. The molecule has 8 heteroatoms. The van der Waals surface area contributed by atoms with Crippen molar-refractivity contribution in [3.05, 3.63) is 57.0 Å². The van der Waals surface area contributed by atoms with Crippen LogP contribution in [0.25, 0.3) is 0 Å². The van der Waals surface area contributed by atoms with Gasteiger partial charge in [0.05, 0.1) is 10.5 Å². The van der Waals surface area contributed by atoms with Crippen LogP contribution < -0.4 is 4.74 Å². The zero-order chi connectivity index (χ0) is 17.2. The molecule has 0 aliphatic rings. The minimum atomic E-state index is -3.67. The first kappa shape index (κ1) is 18.1. The summed E-state index contributed by atoms with van der Waals surface area (Å²) in [7, 11) is -0.819. The van der Waals surface area contributed by atoms with Crippen molar-refractivity contribution in [1.82, 2.24) is 4.31 Å². The van der Waals surface area contributed by atoms with E-state index in [1.807, 2.05) is 0 Å². The van der Waals surface area contributed by atoms with Crippen LogP contribution in [0.2, 0.25) is 0 Å². The number of halogens is 2. The molecule has 0 saturated carbocycles. The second kappa shape index (κ2) is 7.12. The van der Waals surface area contributed by atoms with Gasteiger partial charge in [0.25, 0.3) is 0 Å². The zero-order valence-corrected chi connectivity index (χ0v) is 16.3. The van der Waals surface area contributed by atoms with Crippen LogP contribution in [0.5, 0.6) is 5.75 Å². The standard InChI is InChI=1S/C15H13Br2NO4S/c1-18(2)23(20,21)14-9-10(3-8-13(14)17)15(19)22-12-6-4-11(16)5-7-12/h3-9H,1-2H3. The number of ether oxygens (including phenoxy) is 1. The van der Waals surface area contributed by atoms with Gasteiger partial charge < -0.3 is 4.74 Å². The van der Waals surface area contributed by atoms with Crippen molar-refractivity contribution in [3.63, 3.8) is 0 Å². The van der Waals surface area contributed by atoms with Crippen LogP contribution in [0.3, 0.4) is 0 Å². The SMILES string of the molecule is CN(C)S(=O)(=O)c1cc(C(=O)Oc2ccc(Br)cc2)ccc1Br. The van der Waals surface area contributed by atoms with Gasteiger partial charge in [-0.3, -0.25) is 0 Å². The summed E-state index contributed by atoms with van der Waals surface area (Å²) in [6, 6.07) is 11.1. The number of benzene rings is 2. The van der Waals surface area contributed by atoms with Gasteiger partial charge in [-0.05, 0) is 58.4 Å². The van der Waals surface area contributed by atoms with E-state index in [4.69, 9.17) is 4.74 Å². The Morgan fingerprint density at radius 1 is 1.04 bits per heavy atom. The van der Waals surface area contributed by atoms with E-state index in [2.05, 4.69) is 31.9 Å². The molecule has 122 valence electrons. The van der Waals surface area contributed by atoms with Crippen molar-refractivity contribution in [2.24, 2.45) is 0 Å². The molecule has 0 spiro atoms. The van der Waals surface area contributed by atoms with E-state index in [-0.39, 0.29) is 10.5 Å². The summed E-state index contributed by atoms with van der Waals surface area (Å²) < 4.78 is 32.1. The molecule has 0 radical (unpaired) electrons. The minimum Gasteiger partial charge on any atom is -0.423 e. The van der Waals surface area contributed by atoms with E-state index in [9.17, 15) is 13.2 Å². The van der Waals surface area contributed by atoms with E-state index in [1.165, 1.54) is 32.3 Å². The van der Waals surface area contributed by atoms with Gasteiger partial charge in [-0.15, -0.1) is 0 Å². The molecule has 0 bridgehead atoms. The third-order valence-electron chi connectivity index (χ3n) is 2.95. The van der Waals surface area contributed by atoms with Crippen molar-refractivity contribution in [1.29, 1.82) is 0 Å². The van der Waals surface area contributed by atoms with Crippen LogP contribution in [-0.2, 0) is 10.0 Å². The fourth-order valence-electron chi connectivity index (χ4n) is 1.69. The molecule has 23 heavy (non-hydrogen) atoms. The second-order valence-corrected chi connectivity index (χ2v) is 8.67. The maximum atomic E-state index is 12.3. The van der Waals surface area contributed by atoms with Crippen molar-refractivity contribution in [3.8, 4) is 5.75 Å². The van der Waals surface area contributed by atoms with E-state index in [0.29, 0.717) is 10.2 Å². The van der Waals surface area contributed by atoms with E-state index in [0.717, 1.165) is 8.78 Å². The number of esters is 1. The van der Waals surface area contributed by atoms with Gasteiger partial charge in [0, 0.05) is 23.0 Å². The van der Waals surface area contributed by atoms with Gasteiger partial charge >= 0.3 is 5.97 Å². The average molecular weight is 463 g/mol. The highest BCUT2D eigenvalue weighted by Gasteiger charge is 2.22. The van der Waals surface area contributed by atoms with Crippen LogP contribution in [0, 0.1) is 0 Å². The average Bonchev–Trinajstić information content (AvgIpc) is 2.49. The van der Waals surface area contributed by atoms with Gasteiger partial charge in [-0.2, -0.15) is 0 Å². The van der Waals surface area contributed by atoms with Crippen molar-refractivity contribution < 1.29 is 17.9 Å². The second-order valence-electron chi connectivity index (χ2n) is 4.78. The number of hydrogen-bond acceptors (Lipinski definition) is 4. The van der Waals surface area contributed by atoms with Crippen molar-refractivity contribution >= 4 is 47.9 Å². The Morgan fingerprint density at radius 3 is 2.22 bits per heavy atom. The van der Waals surface area contributed by atoms with Gasteiger partial charge in [0.1, 0.15) is 5.75 Å². The highest BCUT2D eigenvalue weighted by molar-refractivity contribution is 9.10. The lowest BCUT2D eigenvalue weighted by Crippen LogP contribution is -2.23. The molecule has 2 aromatic rings. The van der Waals surface area contributed by atoms with Gasteiger partial charge in [-0.25, -0.2) is 17.5 Å². The molecule has 0 unspecified atom stereocenters. The number of carbonyl (C=O) groups is 1. The van der Waals surface area contributed by atoms with Crippen molar-refractivity contribution in [2.45, 2.75) is 4.90 Å². The first-order valence-electron chi connectivity index (χ1n) is 6.41. The maximum absolute atomic E-state index is 12.3. The van der Waals surface area contributed by atoms with Crippen LogP contribution >= 0.6 is 31.9 Å². The summed E-state index contributed by atoms with van der Waals surface area (Å²) in [5.74, 6) is -0.256. The molecule has 0 fully saturated rings. The van der Waals surface area contributed by atoms with Crippen LogP contribution in [0.4, 0.5) is 0 Å². The van der Waals surface area contributed by atoms with Gasteiger partial charge in [0.2, 0.25) is 10.0 Å². The first-order valence-corrected chi connectivity index (χ1v) is 9.44. The Kier molecular flexibility index (Phi) is 5.61. The molecule has 2 rings (SSSR count). The summed E-state index contributed by atoms with van der Waals surface area (Å²) in [4.78, 5) is 12.2. The number of rotatable bonds is 4. The number of sulfonamides is 1. The zero-order valence-electron chi connectivity index (χ0n) is 12.3. The lowest BCUT2D eigenvalue weighted by molar-refractivity contribution is 0.0734. The molecule has 0 atom stereocenters. The number of carbonyl (C=O) groups excluding carboxylic acids is 1. The summed E-state index contributed by atoms with van der Waals surface area (Å²) in [5.41, 5.74) is 0.150. The third-order valence-corrected chi connectivity index (χ3v) is 6.29. The monoisotopic (exact) mass is 461 g/mol. The first-order chi connectivity index (χ1) is 10.7. The van der Waals surface area contributed by atoms with E-state index in [1.54, 1.807) is 24.3 Å². The van der Waals surface area contributed by atoms with Crippen LogP contribution in [0.15, 0.2) is 56.3 Å². The lowest BCUT2D eigenvalue weighted by Gasteiger charge is -2.13. The Balaban J connectivity index is 2.33. The summed E-state index contributed by atoms with van der Waals surface area (Å²) in [6.07, 6.45) is 0. The van der Waals surface area contributed by atoms with Crippen LogP contribution in [0.1, 0.15) is 10.4 Å². The normalized spacial score (nSPS) is 11.5. The minimum absolute atomic E-state index is 0.00718. The van der Waals surface area contributed by atoms with E-state index >= 15 is 0 Å². The summed E-state index contributed by atoms with van der Waals surface area (Å²) in [6.45, 7) is 0. The largest absolute Gasteiger partial charge is 0.423 e. The van der Waals surface area contributed by atoms with E-state index < -0.39 is 16.0 Å². The Bertz CT molecular complexity index is 833. The third kappa shape index (κ3) is 4.20. The molecule has 0 saturated heterocycles. The van der Waals surface area contributed by atoms with Gasteiger partial charge in [-0.1, -0.05) is 15.9 Å². The van der Waals surface area contributed by atoms with Crippen molar-refractivity contribution in [2.75, 3.05) is 14.1 Å².